The molecule has 0 bridgehead atoms. The molecule has 1 aliphatic rings. The van der Waals surface area contributed by atoms with E-state index >= 15 is 0 Å². The van der Waals surface area contributed by atoms with Gasteiger partial charge in [-0.05, 0) is 20.8 Å². The number of nitrogens with zero attached hydrogens (tertiary/aromatic N) is 3. The first-order valence-corrected chi connectivity index (χ1v) is 8.10. The summed E-state index contributed by atoms with van der Waals surface area (Å²) in [6.07, 6.45) is 1.60. The van der Waals surface area contributed by atoms with Gasteiger partial charge in [0.15, 0.2) is 5.13 Å². The van der Waals surface area contributed by atoms with Crippen molar-refractivity contribution in [2.45, 2.75) is 26.3 Å². The fourth-order valence-corrected chi connectivity index (χ4v) is 3.24. The van der Waals surface area contributed by atoms with E-state index in [4.69, 9.17) is 10.5 Å². The van der Waals surface area contributed by atoms with Crippen LogP contribution in [0.15, 0.2) is 6.20 Å². The van der Waals surface area contributed by atoms with E-state index in [-0.39, 0.29) is 11.5 Å². The van der Waals surface area contributed by atoms with E-state index in [0.29, 0.717) is 11.5 Å². The molecule has 2 heterocycles. The molecule has 2 N–H and O–H groups in total. The zero-order chi connectivity index (χ0) is 15.5. The van der Waals surface area contributed by atoms with Gasteiger partial charge in [-0.3, -0.25) is 4.90 Å². The quantitative estimate of drug-likeness (QED) is 0.823. The average molecular weight is 312 g/mol. The third kappa shape index (κ3) is 4.66. The monoisotopic (exact) mass is 312 g/mol. The highest BCUT2D eigenvalue weighted by Gasteiger charge is 2.24. The summed E-state index contributed by atoms with van der Waals surface area (Å²) in [5, 5.41) is 0.893. The molecule has 0 spiro atoms. The number of piperazine rings is 1. The summed E-state index contributed by atoms with van der Waals surface area (Å²) in [5.74, 6) is -0.287. The molecule has 0 radical (unpaired) electrons. The lowest BCUT2D eigenvalue weighted by Crippen LogP contribution is -2.53. The lowest BCUT2D eigenvalue weighted by Gasteiger charge is -2.37. The van der Waals surface area contributed by atoms with Crippen LogP contribution in [0, 0.1) is 0 Å². The van der Waals surface area contributed by atoms with Crippen molar-refractivity contribution in [1.29, 1.82) is 0 Å². The number of hydrogen-bond acceptors (Lipinski definition) is 7. The normalized spacial score (nSPS) is 17.0. The third-order valence-corrected chi connectivity index (χ3v) is 4.28. The van der Waals surface area contributed by atoms with Gasteiger partial charge in [-0.1, -0.05) is 11.3 Å². The summed E-state index contributed by atoms with van der Waals surface area (Å²) in [6.45, 7) is 10.9. The molecule has 1 fully saturated rings. The number of thiazole rings is 1. The molecule has 1 aliphatic heterocycles. The number of carbonyl (C=O) groups excluding carboxylic acids is 1. The van der Waals surface area contributed by atoms with Gasteiger partial charge in [-0.2, -0.15) is 0 Å². The van der Waals surface area contributed by atoms with Crippen LogP contribution >= 0.6 is 11.3 Å². The molecule has 2 rings (SSSR count). The van der Waals surface area contributed by atoms with E-state index in [1.54, 1.807) is 13.1 Å². The Bertz CT molecular complexity index is 476. The Morgan fingerprint density at radius 2 is 2.10 bits per heavy atom. The molecule has 1 aromatic heterocycles. The Morgan fingerprint density at radius 3 is 2.67 bits per heavy atom. The Kier molecular flexibility index (Phi) is 5.18. The standard InChI is InChI=1S/C14H24N4O2S/c1-4-20-12(19)11-9-16-13(21-11)18-7-5-17(6-8-18)10-14(2,3)15/h9H,4-8,10,15H2,1-3H3. The van der Waals surface area contributed by atoms with Crippen molar-refractivity contribution in [3.63, 3.8) is 0 Å². The fourth-order valence-electron chi connectivity index (χ4n) is 2.38. The fraction of sp³-hybridized carbons (Fsp3) is 0.714. The summed E-state index contributed by atoms with van der Waals surface area (Å²) < 4.78 is 4.99. The van der Waals surface area contributed by atoms with Crippen LogP contribution in [0.5, 0.6) is 0 Å². The second-order valence-corrected chi connectivity index (χ2v) is 6.99. The summed E-state index contributed by atoms with van der Waals surface area (Å²) in [6, 6.07) is 0. The lowest BCUT2D eigenvalue weighted by atomic mass is 10.1. The van der Waals surface area contributed by atoms with Crippen LogP contribution in [0.3, 0.4) is 0 Å². The zero-order valence-corrected chi connectivity index (χ0v) is 13.8. The topological polar surface area (TPSA) is 71.7 Å². The highest BCUT2D eigenvalue weighted by molar-refractivity contribution is 7.17. The van der Waals surface area contributed by atoms with E-state index in [1.165, 1.54) is 11.3 Å². The van der Waals surface area contributed by atoms with E-state index < -0.39 is 0 Å². The Morgan fingerprint density at radius 1 is 1.43 bits per heavy atom. The summed E-state index contributed by atoms with van der Waals surface area (Å²) in [7, 11) is 0. The minimum atomic E-state index is -0.287. The van der Waals surface area contributed by atoms with Crippen molar-refractivity contribution in [3.05, 3.63) is 11.1 Å². The number of aromatic nitrogens is 1. The van der Waals surface area contributed by atoms with Crippen LogP contribution in [0.1, 0.15) is 30.4 Å². The number of nitrogens with two attached hydrogens (primary N) is 1. The van der Waals surface area contributed by atoms with Gasteiger partial charge in [0, 0.05) is 38.3 Å². The maximum atomic E-state index is 11.7. The first kappa shape index (κ1) is 16.2. The summed E-state index contributed by atoms with van der Waals surface area (Å²) in [5.41, 5.74) is 5.89. The van der Waals surface area contributed by atoms with Gasteiger partial charge in [0.2, 0.25) is 0 Å². The highest BCUT2D eigenvalue weighted by atomic mass is 32.1. The molecule has 0 atom stereocenters. The van der Waals surface area contributed by atoms with Crippen LogP contribution in [-0.2, 0) is 4.74 Å². The van der Waals surface area contributed by atoms with Crippen molar-refractivity contribution in [2.75, 3.05) is 44.2 Å². The van der Waals surface area contributed by atoms with Crippen molar-refractivity contribution in [3.8, 4) is 0 Å². The molecule has 0 unspecified atom stereocenters. The third-order valence-electron chi connectivity index (χ3n) is 3.24. The molecular formula is C14H24N4O2S. The van der Waals surface area contributed by atoms with E-state index in [2.05, 4.69) is 14.8 Å². The number of carbonyl (C=O) groups is 1. The second kappa shape index (κ2) is 6.72. The van der Waals surface area contributed by atoms with Gasteiger partial charge in [-0.15, -0.1) is 0 Å². The highest BCUT2D eigenvalue weighted by Crippen LogP contribution is 2.24. The van der Waals surface area contributed by atoms with Gasteiger partial charge in [0.25, 0.3) is 0 Å². The molecular weight excluding hydrogens is 288 g/mol. The van der Waals surface area contributed by atoms with Crippen molar-refractivity contribution in [1.82, 2.24) is 9.88 Å². The van der Waals surface area contributed by atoms with Gasteiger partial charge in [-0.25, -0.2) is 9.78 Å². The minimum Gasteiger partial charge on any atom is -0.462 e. The predicted molar refractivity (Wildman–Crippen MR) is 85.0 cm³/mol. The SMILES string of the molecule is CCOC(=O)c1cnc(N2CCN(CC(C)(C)N)CC2)s1. The van der Waals surface area contributed by atoms with Crippen LogP contribution in [0.2, 0.25) is 0 Å². The Hall–Kier alpha value is -1.18. The number of rotatable bonds is 5. The molecule has 118 valence electrons. The number of hydrogen-bond donors (Lipinski definition) is 1. The first-order chi connectivity index (χ1) is 9.89. The maximum Gasteiger partial charge on any atom is 0.350 e. The molecule has 0 aromatic carbocycles. The summed E-state index contributed by atoms with van der Waals surface area (Å²) in [4.78, 5) is 21.2. The second-order valence-electron chi connectivity index (χ2n) is 5.98. The number of ether oxygens (including phenoxy) is 1. The van der Waals surface area contributed by atoms with E-state index in [9.17, 15) is 4.79 Å². The molecule has 0 aliphatic carbocycles. The van der Waals surface area contributed by atoms with E-state index in [0.717, 1.165) is 37.9 Å². The smallest absolute Gasteiger partial charge is 0.350 e. The van der Waals surface area contributed by atoms with Gasteiger partial charge in [0.05, 0.1) is 12.8 Å². The maximum absolute atomic E-state index is 11.7. The molecule has 0 saturated carbocycles. The van der Waals surface area contributed by atoms with Gasteiger partial charge >= 0.3 is 5.97 Å². The van der Waals surface area contributed by atoms with Crippen molar-refractivity contribution < 1.29 is 9.53 Å². The molecule has 21 heavy (non-hydrogen) atoms. The largest absolute Gasteiger partial charge is 0.462 e. The Balaban J connectivity index is 1.89. The lowest BCUT2D eigenvalue weighted by molar-refractivity contribution is 0.0532. The number of esters is 1. The van der Waals surface area contributed by atoms with Crippen LogP contribution in [0.4, 0.5) is 5.13 Å². The van der Waals surface area contributed by atoms with Crippen LogP contribution in [0.25, 0.3) is 0 Å². The summed E-state index contributed by atoms with van der Waals surface area (Å²) >= 11 is 1.40. The van der Waals surface area contributed by atoms with Gasteiger partial charge in [0.1, 0.15) is 4.88 Å². The van der Waals surface area contributed by atoms with Gasteiger partial charge < -0.3 is 15.4 Å². The molecule has 0 amide bonds. The van der Waals surface area contributed by atoms with Crippen molar-refractivity contribution in [2.24, 2.45) is 5.73 Å². The minimum absolute atomic E-state index is 0.166. The van der Waals surface area contributed by atoms with Crippen molar-refractivity contribution >= 4 is 22.4 Å². The average Bonchev–Trinajstić information content (AvgIpc) is 2.87. The van der Waals surface area contributed by atoms with E-state index in [1.807, 2.05) is 13.8 Å². The molecule has 1 aromatic rings. The predicted octanol–water partition coefficient (Wildman–Crippen LogP) is 1.18. The zero-order valence-electron chi connectivity index (χ0n) is 13.0. The molecule has 6 nitrogen and oxygen atoms in total. The molecule has 7 heteroatoms. The molecule has 1 saturated heterocycles. The van der Waals surface area contributed by atoms with Crippen LogP contribution in [-0.4, -0.2) is 60.7 Å². The van der Waals surface area contributed by atoms with Crippen LogP contribution < -0.4 is 10.6 Å². The first-order valence-electron chi connectivity index (χ1n) is 7.28. The Labute approximate surface area is 129 Å². The number of anilines is 1.